The SMILES string of the molecule is [C-]#[N+]c1c(C(=O)Oc2c(C(C)(C)C)cc(C)cc2C(C)(C)C)c2nc(C)[nH]n2c1C. The van der Waals surface area contributed by atoms with Crippen molar-refractivity contribution in [1.82, 2.24) is 14.6 Å². The summed E-state index contributed by atoms with van der Waals surface area (Å²) in [7, 11) is 0. The number of hydrogen-bond acceptors (Lipinski definition) is 3. The van der Waals surface area contributed by atoms with Gasteiger partial charge in [0.05, 0.1) is 6.57 Å². The lowest BCUT2D eigenvalue weighted by molar-refractivity contribution is 0.0732. The average molecular weight is 407 g/mol. The minimum absolute atomic E-state index is 0.201. The molecule has 0 aliphatic heterocycles. The number of aromatic amines is 1. The number of nitrogens with one attached hydrogen (secondary N) is 1. The van der Waals surface area contributed by atoms with Gasteiger partial charge >= 0.3 is 5.97 Å². The van der Waals surface area contributed by atoms with E-state index in [9.17, 15) is 4.79 Å². The number of H-pyrrole nitrogens is 1. The maximum absolute atomic E-state index is 13.4. The van der Waals surface area contributed by atoms with Gasteiger partial charge in [0.25, 0.3) is 0 Å². The molecule has 0 aliphatic rings. The first-order valence-corrected chi connectivity index (χ1v) is 10.1. The fraction of sp³-hybridized carbons (Fsp3) is 0.458. The van der Waals surface area contributed by atoms with Crippen LogP contribution < -0.4 is 4.74 Å². The number of carbonyl (C=O) groups excluding carboxylic acids is 1. The summed E-state index contributed by atoms with van der Waals surface area (Å²) in [5.74, 6) is 0.684. The van der Waals surface area contributed by atoms with E-state index < -0.39 is 5.97 Å². The molecule has 2 heterocycles. The zero-order valence-corrected chi connectivity index (χ0v) is 19.3. The molecule has 0 radical (unpaired) electrons. The molecule has 158 valence electrons. The number of ether oxygens (including phenoxy) is 1. The summed E-state index contributed by atoms with van der Waals surface area (Å²) in [5.41, 5.74) is 4.14. The molecule has 0 fully saturated rings. The highest BCUT2D eigenvalue weighted by Gasteiger charge is 2.31. The minimum atomic E-state index is -0.557. The lowest BCUT2D eigenvalue weighted by Crippen LogP contribution is -2.22. The molecular formula is C24H30N4O2. The second-order valence-electron chi connectivity index (χ2n) is 9.97. The van der Waals surface area contributed by atoms with Gasteiger partial charge in [0.15, 0.2) is 5.65 Å². The monoisotopic (exact) mass is 406 g/mol. The van der Waals surface area contributed by atoms with Crippen molar-refractivity contribution in [3.05, 3.63) is 57.3 Å². The maximum atomic E-state index is 13.4. The highest BCUT2D eigenvalue weighted by Crippen LogP contribution is 2.42. The first-order valence-electron chi connectivity index (χ1n) is 10.1. The second-order valence-corrected chi connectivity index (χ2v) is 9.97. The number of rotatable bonds is 2. The molecule has 2 aromatic heterocycles. The van der Waals surface area contributed by atoms with Crippen LogP contribution in [0.3, 0.4) is 0 Å². The first kappa shape index (κ1) is 21.6. The zero-order chi connectivity index (χ0) is 22.6. The van der Waals surface area contributed by atoms with Crippen LogP contribution in [-0.4, -0.2) is 20.6 Å². The molecule has 6 nitrogen and oxygen atoms in total. The van der Waals surface area contributed by atoms with Crippen LogP contribution in [0.4, 0.5) is 5.69 Å². The normalized spacial score (nSPS) is 12.3. The third-order valence-corrected chi connectivity index (χ3v) is 5.26. The zero-order valence-electron chi connectivity index (χ0n) is 19.3. The van der Waals surface area contributed by atoms with E-state index in [1.807, 2.05) is 6.92 Å². The molecule has 3 aromatic rings. The van der Waals surface area contributed by atoms with Crippen LogP contribution in [0.5, 0.6) is 5.75 Å². The Bertz CT molecular complexity index is 1160. The summed E-state index contributed by atoms with van der Waals surface area (Å²) in [5, 5.41) is 3.07. The van der Waals surface area contributed by atoms with E-state index in [-0.39, 0.29) is 22.1 Å². The highest BCUT2D eigenvalue weighted by atomic mass is 16.5. The molecule has 0 spiro atoms. The smallest absolute Gasteiger partial charge is 0.336 e. The van der Waals surface area contributed by atoms with Crippen molar-refractivity contribution in [3.8, 4) is 5.75 Å². The van der Waals surface area contributed by atoms with Crippen molar-refractivity contribution < 1.29 is 9.53 Å². The van der Waals surface area contributed by atoms with Crippen molar-refractivity contribution in [2.45, 2.75) is 73.1 Å². The Labute approximate surface area is 178 Å². The van der Waals surface area contributed by atoms with Crippen LogP contribution in [0.25, 0.3) is 10.5 Å². The Kier molecular flexibility index (Phi) is 5.06. The van der Waals surface area contributed by atoms with Gasteiger partial charge in [-0.3, -0.25) is 9.61 Å². The van der Waals surface area contributed by atoms with E-state index in [1.54, 1.807) is 11.4 Å². The van der Waals surface area contributed by atoms with E-state index in [1.165, 1.54) is 0 Å². The van der Waals surface area contributed by atoms with Gasteiger partial charge in [-0.25, -0.2) is 14.6 Å². The van der Waals surface area contributed by atoms with Crippen LogP contribution in [0.15, 0.2) is 12.1 Å². The van der Waals surface area contributed by atoms with Crippen LogP contribution in [0, 0.1) is 27.3 Å². The van der Waals surface area contributed by atoms with Gasteiger partial charge in [0, 0.05) is 16.8 Å². The standard InChI is InChI=1S/C24H30N4O2/c1-13-11-16(23(4,5)6)20(17(12-13)24(7,8)9)30-22(29)18-19(25-10)14(2)28-21(18)26-15(3)27-28/h11-12H,1-9H3,(H,26,27). The molecule has 0 amide bonds. The Morgan fingerprint density at radius 1 is 1.07 bits per heavy atom. The van der Waals surface area contributed by atoms with Crippen molar-refractivity contribution in [2.24, 2.45) is 0 Å². The third-order valence-electron chi connectivity index (χ3n) is 5.26. The highest BCUT2D eigenvalue weighted by molar-refractivity contribution is 6.04. The number of aromatic nitrogens is 3. The Balaban J connectivity index is 2.24. The van der Waals surface area contributed by atoms with Crippen molar-refractivity contribution in [1.29, 1.82) is 0 Å². The van der Waals surface area contributed by atoms with E-state index in [0.717, 1.165) is 16.7 Å². The fourth-order valence-electron chi connectivity index (χ4n) is 3.72. The van der Waals surface area contributed by atoms with Crippen LogP contribution >= 0.6 is 0 Å². The molecule has 0 saturated carbocycles. The van der Waals surface area contributed by atoms with Crippen molar-refractivity contribution >= 4 is 17.3 Å². The second kappa shape index (κ2) is 7.02. The van der Waals surface area contributed by atoms with E-state index in [4.69, 9.17) is 11.3 Å². The topological polar surface area (TPSA) is 63.8 Å². The molecule has 0 atom stereocenters. The predicted molar refractivity (Wildman–Crippen MR) is 119 cm³/mol. The van der Waals surface area contributed by atoms with E-state index in [2.05, 4.69) is 75.5 Å². The van der Waals surface area contributed by atoms with Gasteiger partial charge in [-0.1, -0.05) is 59.2 Å². The fourth-order valence-corrected chi connectivity index (χ4v) is 3.72. The summed E-state index contributed by atoms with van der Waals surface area (Å²) >= 11 is 0. The summed E-state index contributed by atoms with van der Waals surface area (Å²) in [6, 6.07) is 4.15. The first-order chi connectivity index (χ1) is 13.8. The van der Waals surface area contributed by atoms with Crippen molar-refractivity contribution in [3.63, 3.8) is 0 Å². The summed E-state index contributed by atoms with van der Waals surface area (Å²) in [4.78, 5) is 21.5. The van der Waals surface area contributed by atoms with Gasteiger partial charge in [-0.05, 0) is 31.6 Å². The molecular weight excluding hydrogens is 376 g/mol. The maximum Gasteiger partial charge on any atom is 0.336 e. The van der Waals surface area contributed by atoms with Gasteiger partial charge in [0.2, 0.25) is 5.69 Å². The molecule has 0 unspecified atom stereocenters. The third kappa shape index (κ3) is 3.60. The molecule has 1 aromatic carbocycles. The van der Waals surface area contributed by atoms with E-state index in [0.29, 0.717) is 22.9 Å². The average Bonchev–Trinajstić information content (AvgIpc) is 3.09. The van der Waals surface area contributed by atoms with Crippen molar-refractivity contribution in [2.75, 3.05) is 0 Å². The lowest BCUT2D eigenvalue weighted by Gasteiger charge is -2.29. The summed E-state index contributed by atoms with van der Waals surface area (Å²) < 4.78 is 7.76. The van der Waals surface area contributed by atoms with Crippen LogP contribution in [0.2, 0.25) is 0 Å². The van der Waals surface area contributed by atoms with Gasteiger partial charge < -0.3 is 4.74 Å². The number of nitrogens with zero attached hydrogens (tertiary/aromatic N) is 3. The van der Waals surface area contributed by atoms with E-state index >= 15 is 0 Å². The van der Waals surface area contributed by atoms with Gasteiger partial charge in [0.1, 0.15) is 17.1 Å². The molecule has 0 bridgehead atoms. The Morgan fingerprint density at radius 2 is 1.60 bits per heavy atom. The number of aryl methyl sites for hydroxylation is 3. The minimum Gasteiger partial charge on any atom is -0.423 e. The molecule has 1 N–H and O–H groups in total. The quantitative estimate of drug-likeness (QED) is 0.325. The van der Waals surface area contributed by atoms with Crippen LogP contribution in [-0.2, 0) is 10.8 Å². The molecule has 0 saturated heterocycles. The number of carbonyl (C=O) groups is 1. The summed E-state index contributed by atoms with van der Waals surface area (Å²) in [6.07, 6.45) is 0. The number of benzene rings is 1. The predicted octanol–water partition coefficient (Wildman–Crippen LogP) is 5.95. The molecule has 6 heteroatoms. The van der Waals surface area contributed by atoms with Gasteiger partial charge in [-0.15, -0.1) is 0 Å². The number of fused-ring (bicyclic) bond motifs is 1. The number of hydrogen-bond donors (Lipinski definition) is 1. The Morgan fingerprint density at radius 3 is 2.07 bits per heavy atom. The molecule has 30 heavy (non-hydrogen) atoms. The molecule has 0 aliphatic carbocycles. The Hall–Kier alpha value is -3.07. The number of esters is 1. The van der Waals surface area contributed by atoms with Gasteiger partial charge in [-0.2, -0.15) is 0 Å². The molecule has 3 rings (SSSR count). The van der Waals surface area contributed by atoms with Crippen LogP contribution in [0.1, 0.15) is 80.1 Å². The summed E-state index contributed by atoms with van der Waals surface area (Å²) in [6.45, 7) is 25.9. The largest absolute Gasteiger partial charge is 0.423 e. The lowest BCUT2D eigenvalue weighted by atomic mass is 9.78.